The van der Waals surface area contributed by atoms with Crippen LogP contribution in [0.2, 0.25) is 0 Å². The Bertz CT molecular complexity index is 345. The van der Waals surface area contributed by atoms with E-state index in [1.807, 2.05) is 13.8 Å². The Kier molecular flexibility index (Phi) is 3.34. The Labute approximate surface area is 85.7 Å². The van der Waals surface area contributed by atoms with Gasteiger partial charge in [0.1, 0.15) is 13.6 Å². The third-order valence-corrected chi connectivity index (χ3v) is 1.81. The molecule has 0 aliphatic heterocycles. The van der Waals surface area contributed by atoms with Crippen molar-refractivity contribution in [3.8, 4) is 5.75 Å². The molecule has 0 bridgehead atoms. The summed E-state index contributed by atoms with van der Waals surface area (Å²) in [5.74, 6) is 0.532. The average molecular weight is 188 g/mol. The van der Waals surface area contributed by atoms with Crippen LogP contribution in [0.15, 0.2) is 18.2 Å². The third kappa shape index (κ3) is 2.38. The van der Waals surface area contributed by atoms with Gasteiger partial charge in [-0.2, -0.15) is 0 Å². The van der Waals surface area contributed by atoms with E-state index in [1.54, 1.807) is 18.2 Å². The van der Waals surface area contributed by atoms with Crippen LogP contribution in [-0.2, 0) is 0 Å². The Morgan fingerprint density at radius 3 is 2.57 bits per heavy atom. The largest absolute Gasteiger partial charge is 0.492 e. The molecule has 2 radical (unpaired) electrons. The number of carbonyl (C=O) groups excluding carboxylic acids is 1. The fourth-order valence-electron chi connectivity index (χ4n) is 1.21. The minimum atomic E-state index is -0.0447. The molecule has 72 valence electrons. The van der Waals surface area contributed by atoms with Crippen LogP contribution < -0.4 is 10.2 Å². The highest BCUT2D eigenvalue weighted by Gasteiger charge is 2.08. The first-order valence-corrected chi connectivity index (χ1v) is 4.58. The lowest BCUT2D eigenvalue weighted by atomic mass is 9.88. The topological polar surface area (TPSA) is 26.3 Å². The number of hydrogen-bond donors (Lipinski definition) is 0. The first-order valence-electron chi connectivity index (χ1n) is 4.58. The zero-order valence-electron chi connectivity index (χ0n) is 8.70. The Hall–Kier alpha value is -1.25. The molecule has 0 aliphatic rings. The zero-order valence-corrected chi connectivity index (χ0v) is 8.70. The Morgan fingerprint density at radius 1 is 1.43 bits per heavy atom. The van der Waals surface area contributed by atoms with Crippen molar-refractivity contribution in [1.29, 1.82) is 0 Å². The predicted octanol–water partition coefficient (Wildman–Crippen LogP) is 1.47. The van der Waals surface area contributed by atoms with Crippen molar-refractivity contribution in [2.24, 2.45) is 0 Å². The summed E-state index contributed by atoms with van der Waals surface area (Å²) in [6, 6.07) is 5.23. The smallest absolute Gasteiger partial charge is 0.159 e. The molecule has 14 heavy (non-hydrogen) atoms. The molecule has 0 saturated heterocycles. The monoisotopic (exact) mass is 188 g/mol. The summed E-state index contributed by atoms with van der Waals surface area (Å²) in [6.07, 6.45) is 0.0551. The van der Waals surface area contributed by atoms with Crippen LogP contribution in [-0.4, -0.2) is 19.7 Å². The number of carbonyl (C=O) groups is 1. The van der Waals surface area contributed by atoms with Gasteiger partial charge in [-0.15, -0.1) is 0 Å². The molecule has 0 saturated carbocycles. The number of hydrogen-bond acceptors (Lipinski definition) is 2. The fraction of sp³-hybridized carbons (Fsp3) is 0.364. The maximum absolute atomic E-state index is 11.2. The molecule has 0 N–H and O–H groups in total. The second kappa shape index (κ2) is 4.31. The summed E-state index contributed by atoms with van der Waals surface area (Å²) in [5.41, 5.74) is 0.942. The standard InChI is InChI=1S/C11H13BO2/c1-7(2)14-10-6-4-5-9(8(3)13)11(10)12/h4-7H,1-3H3. The van der Waals surface area contributed by atoms with Crippen molar-refractivity contribution in [3.05, 3.63) is 23.8 Å². The molecule has 1 aromatic rings. The molecule has 0 atom stereocenters. The van der Waals surface area contributed by atoms with Crippen molar-refractivity contribution < 1.29 is 9.53 Å². The Balaban J connectivity index is 3.07. The summed E-state index contributed by atoms with van der Waals surface area (Å²) in [6.45, 7) is 5.32. The van der Waals surface area contributed by atoms with Gasteiger partial charge in [0, 0.05) is 5.56 Å². The van der Waals surface area contributed by atoms with E-state index in [0.29, 0.717) is 16.8 Å². The zero-order chi connectivity index (χ0) is 10.7. The molecular formula is C11H13BO2. The maximum Gasteiger partial charge on any atom is 0.159 e. The minimum Gasteiger partial charge on any atom is -0.492 e. The lowest BCUT2D eigenvalue weighted by molar-refractivity contribution is 0.101. The van der Waals surface area contributed by atoms with Gasteiger partial charge in [0.2, 0.25) is 0 Å². The van der Waals surface area contributed by atoms with Crippen LogP contribution in [0.4, 0.5) is 0 Å². The summed E-state index contributed by atoms with van der Waals surface area (Å²) < 4.78 is 5.46. The molecule has 0 amide bonds. The van der Waals surface area contributed by atoms with Gasteiger partial charge in [-0.1, -0.05) is 12.1 Å². The highest BCUT2D eigenvalue weighted by molar-refractivity contribution is 6.38. The van der Waals surface area contributed by atoms with E-state index in [4.69, 9.17) is 12.6 Å². The fourth-order valence-corrected chi connectivity index (χ4v) is 1.21. The third-order valence-electron chi connectivity index (χ3n) is 1.81. The molecule has 1 rings (SSSR count). The van der Waals surface area contributed by atoms with Gasteiger partial charge in [-0.3, -0.25) is 4.79 Å². The summed E-state index contributed by atoms with van der Waals surface area (Å²) >= 11 is 0. The first-order chi connectivity index (χ1) is 6.52. The quantitative estimate of drug-likeness (QED) is 0.530. The summed E-state index contributed by atoms with van der Waals surface area (Å²) in [7, 11) is 5.79. The molecule has 0 fully saturated rings. The number of benzene rings is 1. The van der Waals surface area contributed by atoms with Gasteiger partial charge in [0.25, 0.3) is 0 Å². The lowest BCUT2D eigenvalue weighted by Crippen LogP contribution is -2.19. The van der Waals surface area contributed by atoms with Gasteiger partial charge < -0.3 is 4.74 Å². The summed E-state index contributed by atoms with van der Waals surface area (Å²) in [5, 5.41) is 0. The van der Waals surface area contributed by atoms with Crippen LogP contribution in [0.25, 0.3) is 0 Å². The molecule has 0 heterocycles. The molecule has 0 aromatic heterocycles. The van der Waals surface area contributed by atoms with Crippen LogP contribution in [0, 0.1) is 0 Å². The molecule has 2 nitrogen and oxygen atoms in total. The predicted molar refractivity (Wildman–Crippen MR) is 57.6 cm³/mol. The first kappa shape index (κ1) is 10.8. The van der Waals surface area contributed by atoms with Gasteiger partial charge in [0.05, 0.1) is 6.10 Å². The van der Waals surface area contributed by atoms with Crippen LogP contribution in [0.1, 0.15) is 31.1 Å². The second-order valence-electron chi connectivity index (χ2n) is 3.44. The van der Waals surface area contributed by atoms with Gasteiger partial charge in [0.15, 0.2) is 5.78 Å². The molecule has 0 spiro atoms. The average Bonchev–Trinajstić information content (AvgIpc) is 2.07. The van der Waals surface area contributed by atoms with E-state index in [1.165, 1.54) is 6.92 Å². The maximum atomic E-state index is 11.2. The highest BCUT2D eigenvalue weighted by atomic mass is 16.5. The SMILES string of the molecule is [B]c1c(OC(C)C)cccc1C(C)=O. The van der Waals surface area contributed by atoms with E-state index in [-0.39, 0.29) is 11.9 Å². The summed E-state index contributed by atoms with van der Waals surface area (Å²) in [4.78, 5) is 11.2. The van der Waals surface area contributed by atoms with Crippen LogP contribution in [0.3, 0.4) is 0 Å². The Morgan fingerprint density at radius 2 is 2.07 bits per heavy atom. The minimum absolute atomic E-state index is 0.0447. The van der Waals surface area contributed by atoms with E-state index in [0.717, 1.165) is 0 Å². The number of ketones is 1. The van der Waals surface area contributed by atoms with E-state index >= 15 is 0 Å². The van der Waals surface area contributed by atoms with Gasteiger partial charge in [-0.25, -0.2) is 0 Å². The molecular weight excluding hydrogens is 175 g/mol. The van der Waals surface area contributed by atoms with Crippen molar-refractivity contribution in [3.63, 3.8) is 0 Å². The van der Waals surface area contributed by atoms with Crippen molar-refractivity contribution >= 4 is 19.1 Å². The number of Topliss-reactive ketones (excluding diaryl/α,β-unsaturated/α-hetero) is 1. The van der Waals surface area contributed by atoms with Crippen LogP contribution in [0.5, 0.6) is 5.75 Å². The van der Waals surface area contributed by atoms with Gasteiger partial charge in [-0.05, 0) is 32.3 Å². The van der Waals surface area contributed by atoms with Crippen molar-refractivity contribution in [2.75, 3.05) is 0 Å². The molecule has 3 heteroatoms. The normalized spacial score (nSPS) is 10.3. The van der Waals surface area contributed by atoms with E-state index < -0.39 is 0 Å². The molecule has 0 aliphatic carbocycles. The van der Waals surface area contributed by atoms with E-state index in [2.05, 4.69) is 0 Å². The van der Waals surface area contributed by atoms with Crippen molar-refractivity contribution in [2.45, 2.75) is 26.9 Å². The second-order valence-corrected chi connectivity index (χ2v) is 3.44. The molecule has 0 unspecified atom stereocenters. The van der Waals surface area contributed by atoms with Gasteiger partial charge >= 0.3 is 0 Å². The van der Waals surface area contributed by atoms with E-state index in [9.17, 15) is 4.79 Å². The highest BCUT2D eigenvalue weighted by Crippen LogP contribution is 2.11. The lowest BCUT2D eigenvalue weighted by Gasteiger charge is -2.14. The van der Waals surface area contributed by atoms with Crippen molar-refractivity contribution in [1.82, 2.24) is 0 Å². The molecule has 1 aromatic carbocycles. The number of rotatable bonds is 3. The number of ether oxygens (including phenoxy) is 1. The van der Waals surface area contributed by atoms with Crippen LogP contribution >= 0.6 is 0 Å².